The van der Waals surface area contributed by atoms with Gasteiger partial charge in [-0.25, -0.2) is 34.7 Å². The minimum atomic E-state index is -0.926. The van der Waals surface area contributed by atoms with Crippen LogP contribution < -0.4 is 50.5 Å². The van der Waals surface area contributed by atoms with Crippen LogP contribution in [0.25, 0.3) is 90.5 Å². The van der Waals surface area contributed by atoms with Gasteiger partial charge in [0.2, 0.25) is 45.2 Å². The number of halogens is 1. The highest BCUT2D eigenvalue weighted by Crippen LogP contribution is 2.36. The Labute approximate surface area is 825 Å². The Morgan fingerprint density at radius 2 is 0.957 bits per heavy atom. The molecule has 9 aromatic carbocycles. The molecule has 0 saturated heterocycles. The molecule has 0 saturated carbocycles. The number of ether oxygens (including phenoxy) is 6. The molecule has 0 aliphatic rings. The summed E-state index contributed by atoms with van der Waals surface area (Å²) in [6.45, 7) is 7.77. The number of anilines is 5. The number of thioether (sulfide) groups is 3. The Kier molecular flexibility index (Phi) is 36.0. The molecule has 19 rings (SSSR count). The molecule has 0 aliphatic heterocycles. The first-order valence-corrected chi connectivity index (χ1v) is 46.7. The van der Waals surface area contributed by atoms with Crippen LogP contribution in [-0.2, 0) is 16.3 Å². The quantitative estimate of drug-likeness (QED) is 0.0123. The molecule has 0 aliphatic carbocycles. The summed E-state index contributed by atoms with van der Waals surface area (Å²) >= 11 is 9.38. The smallest absolute Gasteiger partial charge is 0.335 e. The van der Waals surface area contributed by atoms with E-state index in [0.29, 0.717) is 85.8 Å². The summed E-state index contributed by atoms with van der Waals surface area (Å²) in [5.74, 6) is 11.3. The molecular weight excluding hydrogens is 1930 g/mol. The van der Waals surface area contributed by atoms with E-state index in [2.05, 4.69) is 160 Å². The number of nitrogens with one attached hydrogen (secondary N) is 10. The number of carboxylic acid groups (broad SMARTS) is 1. The van der Waals surface area contributed by atoms with Gasteiger partial charge in [-0.15, -0.1) is 41.9 Å². The van der Waals surface area contributed by atoms with E-state index in [1.54, 1.807) is 108 Å². The minimum absolute atomic E-state index is 0.0223. The monoisotopic (exact) mass is 2020 g/mol. The van der Waals surface area contributed by atoms with E-state index in [1.165, 1.54) is 41.2 Å². The zero-order valence-corrected chi connectivity index (χ0v) is 81.4. The average molecular weight is 2020 g/mol. The van der Waals surface area contributed by atoms with Crippen molar-refractivity contribution in [2.24, 2.45) is 0 Å². The maximum absolute atomic E-state index is 12.1. The Balaban J connectivity index is 0.000000139. The maximum atomic E-state index is 12.1. The number of nitrogens with zero attached hydrogens (tertiary/aromatic N) is 17. The van der Waals surface area contributed by atoms with Gasteiger partial charge < -0.3 is 55.3 Å². The van der Waals surface area contributed by atoms with Gasteiger partial charge in [0.1, 0.15) is 34.5 Å². The van der Waals surface area contributed by atoms with Crippen molar-refractivity contribution in [2.75, 3.05) is 70.5 Å². The number of methoxy groups -OCH3 is 6. The molecule has 45 heteroatoms. The van der Waals surface area contributed by atoms with Gasteiger partial charge in [-0.1, -0.05) is 160 Å². The molecule has 0 unspecified atom stereocenters. The number of H-pyrrole nitrogens is 8. The van der Waals surface area contributed by atoms with Gasteiger partial charge in [-0.2, -0.15) is 20.1 Å². The molecule has 1 amide bonds. The van der Waals surface area contributed by atoms with Crippen molar-refractivity contribution in [2.45, 2.75) is 54.7 Å². The van der Waals surface area contributed by atoms with Crippen molar-refractivity contribution in [3.8, 4) is 125 Å². The second kappa shape index (κ2) is 50.1. The normalized spacial score (nSPS) is 10.5. The highest BCUT2D eigenvalue weighted by atomic mass is 79.9. The Morgan fingerprint density at radius 3 is 1.47 bits per heavy atom. The van der Waals surface area contributed by atoms with E-state index in [-0.39, 0.29) is 34.8 Å². The van der Waals surface area contributed by atoms with Crippen LogP contribution in [0.2, 0.25) is 0 Å². The third kappa shape index (κ3) is 28.8. The van der Waals surface area contributed by atoms with E-state index in [9.17, 15) is 19.7 Å². The van der Waals surface area contributed by atoms with Crippen LogP contribution in [0.1, 0.15) is 44.0 Å². The number of aromatic carboxylic acids is 1. The van der Waals surface area contributed by atoms with Gasteiger partial charge in [0.15, 0.2) is 46.6 Å². The molecule has 15 N–H and O–H groups in total. The van der Waals surface area contributed by atoms with Crippen LogP contribution in [0.5, 0.6) is 34.5 Å². The lowest BCUT2D eigenvalue weighted by Gasteiger charge is -2.08. The number of aromatic amines is 8. The fourth-order valence-corrected chi connectivity index (χ4v) is 16.0. The highest BCUT2D eigenvalue weighted by molar-refractivity contribution is 9.10. The number of aromatic nitrogens is 24. The van der Waals surface area contributed by atoms with E-state index >= 15 is 0 Å². The SMILES string of the molecule is COc1cc(OC)cc(-c2nc(N)n[nH]2)c1.COc1ccccc1-c1nc(N)n[nH]1.COc1ccccc1-c1nc(Nc2nc(C)cc(C)n2)n[nH]1.COc1ccccc1-c1nc(SCc2ccc(C(=O)O)cc2)n[nH]1.COc1ccccc1-c1nc(SCc2cccc(Br)c2)n[nH]1.Cc1ccc(NC(=O)CSc2n[nH]c(-c3cccc([N+](=O)[O-])c3)n2)c(C)c1.c1c[nH]c(-c2n[nH]c(-c3cccs3)n2)c1. The van der Waals surface area contributed by atoms with E-state index in [4.69, 9.17) is 45.0 Å². The number of thiophene rings is 1. The van der Waals surface area contributed by atoms with Crippen LogP contribution in [0, 0.1) is 37.8 Å². The number of benzene rings is 9. The summed E-state index contributed by atoms with van der Waals surface area (Å²) < 4.78 is 32.6. The molecule has 0 bridgehead atoms. The molecule has 10 heterocycles. The second-order valence-electron chi connectivity index (χ2n) is 29.2. The van der Waals surface area contributed by atoms with E-state index in [1.807, 2.05) is 209 Å². The van der Waals surface area contributed by atoms with E-state index < -0.39 is 10.9 Å². The predicted octanol–water partition coefficient (Wildman–Crippen LogP) is 19.0. The number of hydrogen-bond donors (Lipinski definition) is 13. The maximum Gasteiger partial charge on any atom is 0.335 e. The van der Waals surface area contributed by atoms with Crippen LogP contribution in [-0.4, -0.2) is 192 Å². The van der Waals surface area contributed by atoms with Crippen molar-refractivity contribution in [3.63, 3.8) is 0 Å². The van der Waals surface area contributed by atoms with Gasteiger partial charge in [-0.3, -0.25) is 55.9 Å². The summed E-state index contributed by atoms with van der Waals surface area (Å²) in [4.78, 5) is 76.3. The lowest BCUT2D eigenvalue weighted by Crippen LogP contribution is -2.15. The van der Waals surface area contributed by atoms with Gasteiger partial charge in [0, 0.05) is 68.6 Å². The number of nitro groups is 1. The molecule has 0 fully saturated rings. The average Bonchev–Trinajstić information content (AvgIpc) is 1.85. The minimum Gasteiger partial charge on any atom is -0.497 e. The zero-order chi connectivity index (χ0) is 98.8. The van der Waals surface area contributed by atoms with Crippen LogP contribution in [0.15, 0.2) is 268 Å². The Bertz CT molecular complexity index is 7160. The summed E-state index contributed by atoms with van der Waals surface area (Å²) in [6.07, 6.45) is 1.86. The standard InChI is InChI=1S/C18H17N5O3S.C17H15N3O3S.C16H14BrN3OS.C15H16N6O.C10H12N4O2.C10H8N4S.C9H10N4O/c1-11-6-7-15(12(2)8-11)19-16(24)10-27-18-20-17(21-22-18)13-4-3-5-14(9-13)23(25)26;1-23-14-5-3-2-4-13(14)15-18-17(20-19-15)24-10-11-6-8-12(9-7-11)16(21)22;1-21-14-8-3-2-7-13(14)15-18-16(20-19-15)22-10-11-5-4-6-12(17)9-11;1-9-8-10(2)17-14(16-9)19-15-18-13(20-21-15)11-6-4-5-7-12(11)22-3;1-15-7-3-6(4-8(5-7)16-2)9-12-10(11)14-13-9;1-3-7(11-5-1)9-12-10(14-13-9)8-4-2-6-15-8;1-14-7-5-3-2-4-6(7)8-11-9(10)13-12-8/h3-9H,10H2,1-2H3,(H,19,24)(H,20,21,22);2-9H,10H2,1H3,(H,21,22)(H,18,19,20);2-9H,10H2,1H3,(H,18,19,20);4-8H,1-3H3,(H2,16,17,18,19,20,21);3-5H,1-2H3,(H3,11,12,13,14);1-6,11H,(H,12,13,14);2-5H,1H3,(H3,10,11,12,13). The summed E-state index contributed by atoms with van der Waals surface area (Å²) in [6, 6.07) is 72.7. The predicted molar refractivity (Wildman–Crippen MR) is 542 cm³/mol. The van der Waals surface area contributed by atoms with Crippen LogP contribution in [0.3, 0.4) is 0 Å². The number of nitrogen functional groups attached to an aromatic ring is 2. The fraction of sp³-hybridized carbons (Fsp3) is 0.137. The van der Waals surface area contributed by atoms with Crippen LogP contribution in [0.4, 0.5) is 35.2 Å². The molecule has 714 valence electrons. The number of carbonyl (C=O) groups excluding carboxylic acids is 1. The third-order valence-electron chi connectivity index (χ3n) is 19.4. The number of nitrogens with two attached hydrogens (primary N) is 2. The molecule has 40 nitrogen and oxygen atoms in total. The lowest BCUT2D eigenvalue weighted by molar-refractivity contribution is -0.384. The number of hydrogen-bond acceptors (Lipinski definition) is 33. The lowest BCUT2D eigenvalue weighted by atomic mass is 10.1. The number of carbonyl (C=O) groups is 2. The Morgan fingerprint density at radius 1 is 0.450 bits per heavy atom. The first-order valence-electron chi connectivity index (χ1n) is 42.1. The van der Waals surface area contributed by atoms with Crippen molar-refractivity contribution >= 4 is 110 Å². The van der Waals surface area contributed by atoms with Crippen molar-refractivity contribution in [1.82, 2.24) is 121 Å². The largest absolute Gasteiger partial charge is 0.497 e. The Hall–Kier alpha value is -16.9. The third-order valence-corrected chi connectivity index (χ3v) is 23.4. The number of rotatable bonds is 28. The number of amides is 1. The number of nitro benzene ring substituents is 1. The summed E-state index contributed by atoms with van der Waals surface area (Å²) in [5, 5.41) is 77.6. The molecular formula is C95H92BrN29O11S4. The van der Waals surface area contributed by atoms with Gasteiger partial charge in [-0.05, 0) is 165 Å². The zero-order valence-electron chi connectivity index (χ0n) is 76.6. The molecule has 19 aromatic rings. The second-order valence-corrected chi connectivity index (χ2v) is 33.9. The van der Waals surface area contributed by atoms with Gasteiger partial charge in [0.05, 0.1) is 91.7 Å². The van der Waals surface area contributed by atoms with E-state index in [0.717, 1.165) is 116 Å². The molecule has 0 atom stereocenters. The van der Waals surface area contributed by atoms with Crippen molar-refractivity contribution in [3.05, 3.63) is 302 Å². The van der Waals surface area contributed by atoms with Gasteiger partial charge >= 0.3 is 5.97 Å². The molecule has 0 radical (unpaired) electrons. The summed E-state index contributed by atoms with van der Waals surface area (Å²) in [5.41, 5.74) is 23.8. The topological polar surface area (TPSA) is 562 Å². The first kappa shape index (κ1) is 101. The van der Waals surface area contributed by atoms with Crippen LogP contribution >= 0.6 is 62.6 Å². The molecule has 0 spiro atoms. The number of para-hydroxylation sites is 4. The summed E-state index contributed by atoms with van der Waals surface area (Å²) in [7, 11) is 9.68. The first-order chi connectivity index (χ1) is 68.0. The fourth-order valence-electron chi connectivity index (χ4n) is 12.8. The van der Waals surface area contributed by atoms with Crippen molar-refractivity contribution < 1.29 is 48.0 Å². The number of carboxylic acids is 1. The highest BCUT2D eigenvalue weighted by Gasteiger charge is 2.20. The van der Waals surface area contributed by atoms with Crippen molar-refractivity contribution in [1.29, 1.82) is 0 Å². The number of aryl methyl sites for hydroxylation is 4. The van der Waals surface area contributed by atoms with Gasteiger partial charge in [0.25, 0.3) is 5.69 Å². The molecule has 140 heavy (non-hydrogen) atoms. The number of non-ortho nitro benzene ring substituents is 1. The molecule has 10 aromatic heterocycles.